The molecule has 1 aliphatic rings. The smallest absolute Gasteiger partial charge is 0.0587 e. The van der Waals surface area contributed by atoms with E-state index in [-0.39, 0.29) is 12.6 Å². The third kappa shape index (κ3) is 3.32. The Labute approximate surface area is 97.7 Å². The molecule has 2 N–H and O–H groups in total. The number of nitrogens with one attached hydrogen (secondary N) is 1. The Morgan fingerprint density at radius 3 is 2.50 bits per heavy atom. The van der Waals surface area contributed by atoms with Gasteiger partial charge in [0.25, 0.3) is 0 Å². The summed E-state index contributed by atoms with van der Waals surface area (Å²) >= 11 is 0. The van der Waals surface area contributed by atoms with Gasteiger partial charge in [-0.3, -0.25) is 0 Å². The highest BCUT2D eigenvalue weighted by Gasteiger charge is 2.18. The molecule has 88 valence electrons. The molecule has 1 fully saturated rings. The van der Waals surface area contributed by atoms with Gasteiger partial charge in [0.2, 0.25) is 0 Å². The Kier molecular flexibility index (Phi) is 4.37. The molecule has 0 heterocycles. The molecule has 0 aromatic heterocycles. The van der Waals surface area contributed by atoms with Gasteiger partial charge in [-0.05, 0) is 24.8 Å². The standard InChI is InChI=1S/C14H21NO/c16-11-14(15-13-8-4-5-9-13)10-12-6-2-1-3-7-12/h1-3,6-7,13-16H,4-5,8-11H2/t14-/m0/s1. The van der Waals surface area contributed by atoms with Crippen LogP contribution in [0.3, 0.4) is 0 Å². The summed E-state index contributed by atoms with van der Waals surface area (Å²) in [5.41, 5.74) is 1.30. The first-order chi connectivity index (χ1) is 7.88. The third-order valence-corrected chi connectivity index (χ3v) is 3.37. The first kappa shape index (κ1) is 11.6. The SMILES string of the molecule is OC[C@H](Cc1ccccc1)NC1CCCC1. The van der Waals surface area contributed by atoms with Crippen LogP contribution in [-0.2, 0) is 6.42 Å². The normalized spacial score (nSPS) is 18.8. The molecular formula is C14H21NO. The number of hydrogen-bond acceptors (Lipinski definition) is 2. The van der Waals surface area contributed by atoms with Crippen LogP contribution in [0.1, 0.15) is 31.2 Å². The monoisotopic (exact) mass is 219 g/mol. The lowest BCUT2D eigenvalue weighted by Gasteiger charge is -2.21. The Balaban J connectivity index is 1.85. The molecule has 0 bridgehead atoms. The zero-order chi connectivity index (χ0) is 11.2. The second-order valence-electron chi connectivity index (χ2n) is 4.72. The van der Waals surface area contributed by atoms with Gasteiger partial charge in [0.05, 0.1) is 6.61 Å². The Morgan fingerprint density at radius 2 is 1.88 bits per heavy atom. The van der Waals surface area contributed by atoms with Crippen molar-refractivity contribution < 1.29 is 5.11 Å². The quantitative estimate of drug-likeness (QED) is 0.795. The molecule has 0 spiro atoms. The minimum Gasteiger partial charge on any atom is -0.395 e. The van der Waals surface area contributed by atoms with Crippen LogP contribution in [0.5, 0.6) is 0 Å². The number of aliphatic hydroxyl groups is 1. The fourth-order valence-electron chi connectivity index (χ4n) is 2.50. The molecule has 2 heteroatoms. The van der Waals surface area contributed by atoms with E-state index in [4.69, 9.17) is 0 Å². The average molecular weight is 219 g/mol. The van der Waals surface area contributed by atoms with E-state index in [0.717, 1.165) is 6.42 Å². The maximum Gasteiger partial charge on any atom is 0.0587 e. The fraction of sp³-hybridized carbons (Fsp3) is 0.571. The summed E-state index contributed by atoms with van der Waals surface area (Å²) in [5, 5.41) is 12.9. The van der Waals surface area contributed by atoms with Gasteiger partial charge in [0.1, 0.15) is 0 Å². The minimum absolute atomic E-state index is 0.213. The summed E-state index contributed by atoms with van der Waals surface area (Å²) in [5.74, 6) is 0. The molecular weight excluding hydrogens is 198 g/mol. The first-order valence-corrected chi connectivity index (χ1v) is 6.29. The molecule has 1 aromatic carbocycles. The van der Waals surface area contributed by atoms with Gasteiger partial charge >= 0.3 is 0 Å². The van der Waals surface area contributed by atoms with Gasteiger partial charge in [0.15, 0.2) is 0 Å². The highest BCUT2D eigenvalue weighted by Crippen LogP contribution is 2.18. The van der Waals surface area contributed by atoms with E-state index in [2.05, 4.69) is 29.6 Å². The van der Waals surface area contributed by atoms with Gasteiger partial charge < -0.3 is 10.4 Å². The van der Waals surface area contributed by atoms with Crippen molar-refractivity contribution in [3.8, 4) is 0 Å². The van der Waals surface area contributed by atoms with Gasteiger partial charge in [-0.15, -0.1) is 0 Å². The van der Waals surface area contributed by atoms with Crippen molar-refractivity contribution in [2.24, 2.45) is 0 Å². The van der Waals surface area contributed by atoms with Gasteiger partial charge in [-0.1, -0.05) is 43.2 Å². The summed E-state index contributed by atoms with van der Waals surface area (Å²) in [6, 6.07) is 11.2. The predicted molar refractivity (Wildman–Crippen MR) is 66.4 cm³/mol. The Hall–Kier alpha value is -0.860. The van der Waals surface area contributed by atoms with Crippen LogP contribution < -0.4 is 5.32 Å². The molecule has 0 amide bonds. The van der Waals surface area contributed by atoms with Crippen LogP contribution in [0.25, 0.3) is 0 Å². The molecule has 2 nitrogen and oxygen atoms in total. The molecule has 1 aromatic rings. The number of hydrogen-bond donors (Lipinski definition) is 2. The predicted octanol–water partition coefficient (Wildman–Crippen LogP) is 2.12. The van der Waals surface area contributed by atoms with Crippen LogP contribution in [0.4, 0.5) is 0 Å². The fourth-order valence-corrected chi connectivity index (χ4v) is 2.50. The lowest BCUT2D eigenvalue weighted by molar-refractivity contribution is 0.230. The highest BCUT2D eigenvalue weighted by molar-refractivity contribution is 5.16. The van der Waals surface area contributed by atoms with Gasteiger partial charge in [-0.2, -0.15) is 0 Å². The van der Waals surface area contributed by atoms with Crippen molar-refractivity contribution in [3.63, 3.8) is 0 Å². The Bertz CT molecular complexity index is 293. The van der Waals surface area contributed by atoms with Crippen molar-refractivity contribution in [2.75, 3.05) is 6.61 Å². The number of benzene rings is 1. The molecule has 1 aliphatic carbocycles. The van der Waals surface area contributed by atoms with Crippen LogP contribution in [0.2, 0.25) is 0 Å². The van der Waals surface area contributed by atoms with Crippen molar-refractivity contribution in [1.82, 2.24) is 5.32 Å². The van der Waals surface area contributed by atoms with Crippen LogP contribution in [0.15, 0.2) is 30.3 Å². The van der Waals surface area contributed by atoms with Crippen molar-refractivity contribution in [2.45, 2.75) is 44.2 Å². The first-order valence-electron chi connectivity index (χ1n) is 6.29. The van der Waals surface area contributed by atoms with E-state index < -0.39 is 0 Å². The van der Waals surface area contributed by atoms with Crippen molar-refractivity contribution >= 4 is 0 Å². The maximum atomic E-state index is 9.39. The van der Waals surface area contributed by atoms with E-state index in [1.165, 1.54) is 31.2 Å². The number of aliphatic hydroxyl groups excluding tert-OH is 1. The van der Waals surface area contributed by atoms with Crippen LogP contribution in [0, 0.1) is 0 Å². The van der Waals surface area contributed by atoms with E-state index in [1.807, 2.05) is 6.07 Å². The third-order valence-electron chi connectivity index (χ3n) is 3.37. The zero-order valence-electron chi connectivity index (χ0n) is 9.73. The van der Waals surface area contributed by atoms with Gasteiger partial charge in [0, 0.05) is 12.1 Å². The van der Waals surface area contributed by atoms with E-state index in [9.17, 15) is 5.11 Å². The lowest BCUT2D eigenvalue weighted by atomic mass is 10.1. The summed E-state index contributed by atoms with van der Waals surface area (Å²) in [4.78, 5) is 0. The molecule has 0 unspecified atom stereocenters. The van der Waals surface area contributed by atoms with Crippen molar-refractivity contribution in [3.05, 3.63) is 35.9 Å². The van der Waals surface area contributed by atoms with Crippen molar-refractivity contribution in [1.29, 1.82) is 0 Å². The highest BCUT2D eigenvalue weighted by atomic mass is 16.3. The number of rotatable bonds is 5. The van der Waals surface area contributed by atoms with E-state index >= 15 is 0 Å². The molecule has 1 atom stereocenters. The Morgan fingerprint density at radius 1 is 1.19 bits per heavy atom. The zero-order valence-corrected chi connectivity index (χ0v) is 9.73. The van der Waals surface area contributed by atoms with E-state index in [1.54, 1.807) is 0 Å². The molecule has 0 radical (unpaired) electrons. The average Bonchev–Trinajstić information content (AvgIpc) is 2.82. The molecule has 0 saturated heterocycles. The molecule has 2 rings (SSSR count). The molecule has 16 heavy (non-hydrogen) atoms. The second-order valence-corrected chi connectivity index (χ2v) is 4.72. The van der Waals surface area contributed by atoms with Crippen LogP contribution >= 0.6 is 0 Å². The molecule has 0 aliphatic heterocycles. The van der Waals surface area contributed by atoms with E-state index in [0.29, 0.717) is 6.04 Å². The molecule has 1 saturated carbocycles. The lowest BCUT2D eigenvalue weighted by Crippen LogP contribution is -2.40. The second kappa shape index (κ2) is 6.02. The van der Waals surface area contributed by atoms with Gasteiger partial charge in [-0.25, -0.2) is 0 Å². The summed E-state index contributed by atoms with van der Waals surface area (Å²) in [7, 11) is 0. The topological polar surface area (TPSA) is 32.3 Å². The summed E-state index contributed by atoms with van der Waals surface area (Å²) in [6.45, 7) is 0.228. The minimum atomic E-state index is 0.213. The summed E-state index contributed by atoms with van der Waals surface area (Å²) in [6.07, 6.45) is 6.13. The largest absolute Gasteiger partial charge is 0.395 e. The summed E-state index contributed by atoms with van der Waals surface area (Å²) < 4.78 is 0. The van der Waals surface area contributed by atoms with Crippen LogP contribution in [-0.4, -0.2) is 23.8 Å². The maximum absolute atomic E-state index is 9.39.